The van der Waals surface area contributed by atoms with Crippen LogP contribution in [-0.4, -0.2) is 19.0 Å². The largest absolute Gasteiger partial charge is 0.351 e. The summed E-state index contributed by atoms with van der Waals surface area (Å²) in [5.74, 6) is -4.75. The molecule has 0 fully saturated rings. The fraction of sp³-hybridized carbons (Fsp3) is 0.417. The molecule has 0 saturated heterocycles. The summed E-state index contributed by atoms with van der Waals surface area (Å²) >= 11 is 0. The smallest absolute Gasteiger partial charge is 0.349 e. The molecule has 0 atom stereocenters. The van der Waals surface area contributed by atoms with Crippen molar-refractivity contribution in [3.05, 3.63) is 35.9 Å². The van der Waals surface area contributed by atoms with Gasteiger partial charge < -0.3 is 11.1 Å². The third kappa shape index (κ3) is 3.78. The minimum atomic E-state index is -3.48. The Morgan fingerprint density at radius 1 is 1.24 bits per heavy atom. The van der Waals surface area contributed by atoms with Crippen molar-refractivity contribution in [3.8, 4) is 0 Å². The number of hydrogen-bond acceptors (Lipinski definition) is 2. The molecule has 1 aromatic carbocycles. The van der Waals surface area contributed by atoms with Gasteiger partial charge in [-0.25, -0.2) is 0 Å². The topological polar surface area (TPSA) is 55.1 Å². The monoisotopic (exact) mass is 242 g/mol. The van der Waals surface area contributed by atoms with E-state index in [-0.39, 0.29) is 12.1 Å². The van der Waals surface area contributed by atoms with E-state index in [9.17, 15) is 13.6 Å². The molecular formula is C12H16F2N2O. The fourth-order valence-corrected chi connectivity index (χ4v) is 1.36. The molecule has 3 N–H and O–H groups in total. The van der Waals surface area contributed by atoms with Crippen LogP contribution >= 0.6 is 0 Å². The molecule has 94 valence electrons. The summed E-state index contributed by atoms with van der Waals surface area (Å²) in [7, 11) is 0. The SMILES string of the molecule is NCCCCNC(=O)C(F)(F)c1ccccc1. The van der Waals surface area contributed by atoms with Crippen LogP contribution in [0.5, 0.6) is 0 Å². The summed E-state index contributed by atoms with van der Waals surface area (Å²) < 4.78 is 27.2. The number of carbonyl (C=O) groups is 1. The van der Waals surface area contributed by atoms with Gasteiger partial charge in [-0.1, -0.05) is 30.3 Å². The van der Waals surface area contributed by atoms with Crippen molar-refractivity contribution < 1.29 is 13.6 Å². The highest BCUT2D eigenvalue weighted by Crippen LogP contribution is 2.27. The lowest BCUT2D eigenvalue weighted by atomic mass is 10.1. The lowest BCUT2D eigenvalue weighted by Gasteiger charge is -2.16. The van der Waals surface area contributed by atoms with Gasteiger partial charge in [-0.05, 0) is 19.4 Å². The molecular weight excluding hydrogens is 226 g/mol. The van der Waals surface area contributed by atoms with Crippen LogP contribution in [0.3, 0.4) is 0 Å². The van der Waals surface area contributed by atoms with Crippen LogP contribution in [0.25, 0.3) is 0 Å². The van der Waals surface area contributed by atoms with Crippen molar-refractivity contribution in [1.82, 2.24) is 5.32 Å². The molecule has 0 radical (unpaired) electrons. The van der Waals surface area contributed by atoms with Crippen molar-refractivity contribution in [3.63, 3.8) is 0 Å². The molecule has 0 heterocycles. The number of amides is 1. The third-order valence-electron chi connectivity index (χ3n) is 2.34. The van der Waals surface area contributed by atoms with E-state index < -0.39 is 11.8 Å². The zero-order chi connectivity index (χ0) is 12.7. The number of rotatable bonds is 6. The Balaban J connectivity index is 2.55. The maximum Gasteiger partial charge on any atom is 0.349 e. The van der Waals surface area contributed by atoms with Crippen LogP contribution in [0.1, 0.15) is 18.4 Å². The van der Waals surface area contributed by atoms with Crippen molar-refractivity contribution >= 4 is 5.91 Å². The second-order valence-corrected chi connectivity index (χ2v) is 3.69. The minimum absolute atomic E-state index is 0.221. The number of nitrogens with two attached hydrogens (primary N) is 1. The molecule has 0 spiro atoms. The normalized spacial score (nSPS) is 11.2. The van der Waals surface area contributed by atoms with Crippen molar-refractivity contribution in [2.24, 2.45) is 5.73 Å². The summed E-state index contributed by atoms with van der Waals surface area (Å²) in [6.45, 7) is 0.712. The Kier molecular flexibility index (Phi) is 5.03. The first-order valence-corrected chi connectivity index (χ1v) is 5.50. The zero-order valence-corrected chi connectivity index (χ0v) is 9.46. The van der Waals surface area contributed by atoms with Crippen LogP contribution in [0.4, 0.5) is 8.78 Å². The van der Waals surface area contributed by atoms with Crippen LogP contribution in [0, 0.1) is 0 Å². The van der Waals surface area contributed by atoms with Crippen LogP contribution in [0.2, 0.25) is 0 Å². The first-order valence-electron chi connectivity index (χ1n) is 5.50. The van der Waals surface area contributed by atoms with E-state index in [2.05, 4.69) is 5.32 Å². The molecule has 5 heteroatoms. The highest BCUT2D eigenvalue weighted by Gasteiger charge is 2.40. The number of nitrogens with one attached hydrogen (secondary N) is 1. The van der Waals surface area contributed by atoms with Gasteiger partial charge in [0.1, 0.15) is 0 Å². The Bertz CT molecular complexity index is 355. The Hall–Kier alpha value is -1.49. The summed E-state index contributed by atoms with van der Waals surface area (Å²) in [6, 6.07) is 7.05. The van der Waals surface area contributed by atoms with Gasteiger partial charge in [0.15, 0.2) is 0 Å². The quantitative estimate of drug-likeness (QED) is 0.745. The van der Waals surface area contributed by atoms with Crippen molar-refractivity contribution in [2.75, 3.05) is 13.1 Å². The van der Waals surface area contributed by atoms with Crippen molar-refractivity contribution in [1.29, 1.82) is 0 Å². The molecule has 0 unspecified atom stereocenters. The zero-order valence-electron chi connectivity index (χ0n) is 9.46. The highest BCUT2D eigenvalue weighted by molar-refractivity contribution is 5.84. The maximum atomic E-state index is 13.6. The average molecular weight is 242 g/mol. The van der Waals surface area contributed by atoms with E-state index in [0.29, 0.717) is 19.4 Å². The fourth-order valence-electron chi connectivity index (χ4n) is 1.36. The van der Waals surface area contributed by atoms with Gasteiger partial charge >= 0.3 is 5.92 Å². The molecule has 0 saturated carbocycles. The number of carbonyl (C=O) groups excluding carboxylic acids is 1. The maximum absolute atomic E-state index is 13.6. The molecule has 0 bridgehead atoms. The van der Waals surface area contributed by atoms with Gasteiger partial charge in [-0.15, -0.1) is 0 Å². The average Bonchev–Trinajstić information content (AvgIpc) is 2.35. The summed E-state index contributed by atoms with van der Waals surface area (Å²) in [5.41, 5.74) is 4.97. The van der Waals surface area contributed by atoms with Crippen LogP contribution < -0.4 is 11.1 Å². The van der Waals surface area contributed by atoms with E-state index in [0.717, 1.165) is 0 Å². The second kappa shape index (κ2) is 6.30. The van der Waals surface area contributed by atoms with Gasteiger partial charge in [0, 0.05) is 12.1 Å². The number of unbranched alkanes of at least 4 members (excludes halogenated alkanes) is 1. The van der Waals surface area contributed by atoms with E-state index in [1.54, 1.807) is 6.07 Å². The Morgan fingerprint density at radius 2 is 1.88 bits per heavy atom. The summed E-state index contributed by atoms with van der Waals surface area (Å²) in [5, 5.41) is 2.21. The number of hydrogen-bond donors (Lipinski definition) is 2. The van der Waals surface area contributed by atoms with Crippen LogP contribution in [0.15, 0.2) is 30.3 Å². The molecule has 3 nitrogen and oxygen atoms in total. The molecule has 0 aliphatic carbocycles. The molecule has 1 amide bonds. The lowest BCUT2D eigenvalue weighted by molar-refractivity contribution is -0.147. The van der Waals surface area contributed by atoms with E-state index in [1.807, 2.05) is 0 Å². The molecule has 0 aliphatic rings. The highest BCUT2D eigenvalue weighted by atomic mass is 19.3. The first-order chi connectivity index (χ1) is 8.09. The number of benzene rings is 1. The first kappa shape index (κ1) is 13.6. The van der Waals surface area contributed by atoms with Gasteiger partial charge in [0.2, 0.25) is 0 Å². The molecule has 1 rings (SSSR count). The third-order valence-corrected chi connectivity index (χ3v) is 2.34. The number of halogens is 2. The van der Waals surface area contributed by atoms with Gasteiger partial charge in [0.25, 0.3) is 5.91 Å². The van der Waals surface area contributed by atoms with E-state index >= 15 is 0 Å². The van der Waals surface area contributed by atoms with Gasteiger partial charge in [-0.3, -0.25) is 4.79 Å². The minimum Gasteiger partial charge on any atom is -0.351 e. The van der Waals surface area contributed by atoms with Crippen molar-refractivity contribution in [2.45, 2.75) is 18.8 Å². The van der Waals surface area contributed by atoms with E-state index in [1.165, 1.54) is 24.3 Å². The molecule has 0 aromatic heterocycles. The number of alkyl halides is 2. The Morgan fingerprint density at radius 3 is 2.47 bits per heavy atom. The summed E-state index contributed by atoms with van der Waals surface area (Å²) in [6.07, 6.45) is 1.31. The molecule has 0 aliphatic heterocycles. The lowest BCUT2D eigenvalue weighted by Crippen LogP contribution is -2.38. The van der Waals surface area contributed by atoms with Crippen LogP contribution in [-0.2, 0) is 10.7 Å². The molecule has 17 heavy (non-hydrogen) atoms. The van der Waals surface area contributed by atoms with Gasteiger partial charge in [-0.2, -0.15) is 8.78 Å². The van der Waals surface area contributed by atoms with E-state index in [4.69, 9.17) is 5.73 Å². The summed E-state index contributed by atoms with van der Waals surface area (Å²) in [4.78, 5) is 11.3. The standard InChI is InChI=1S/C12H16F2N2O/c13-12(14,10-6-2-1-3-7-10)11(17)16-9-5-4-8-15/h1-3,6-7H,4-5,8-9,15H2,(H,16,17). The predicted molar refractivity (Wildman–Crippen MR) is 61.6 cm³/mol. The predicted octanol–water partition coefficient (Wildman–Crippen LogP) is 1.63. The van der Waals surface area contributed by atoms with Gasteiger partial charge in [0.05, 0.1) is 0 Å². The Labute approximate surface area is 99.0 Å². The molecule has 1 aromatic rings. The second-order valence-electron chi connectivity index (χ2n) is 3.69.